The summed E-state index contributed by atoms with van der Waals surface area (Å²) < 4.78 is 15.2. The minimum atomic E-state index is 0.0765. The van der Waals surface area contributed by atoms with E-state index in [1.807, 2.05) is 48.5 Å². The summed E-state index contributed by atoms with van der Waals surface area (Å²) >= 11 is 0. The van der Waals surface area contributed by atoms with Gasteiger partial charge in [-0.2, -0.15) is 0 Å². The standard InChI is InChI=1S/C14H14O2.C9H10O2/c1-15-13-7-3-11(4-8-13)12-5-9-14(16-2)10-6-12;1-7(10)8-3-5-9(11-2)6-4-8/h3-10H,1-2H3;3-6H,1-2H3. The first-order valence-electron chi connectivity index (χ1n) is 8.51. The Balaban J connectivity index is 0.000000208. The quantitative estimate of drug-likeness (QED) is 0.579. The lowest BCUT2D eigenvalue weighted by molar-refractivity contribution is 0.101. The normalized spacial score (nSPS) is 9.63. The van der Waals surface area contributed by atoms with Crippen LogP contribution in [0.3, 0.4) is 0 Å². The van der Waals surface area contributed by atoms with Crippen LogP contribution in [0.1, 0.15) is 17.3 Å². The molecule has 0 unspecified atom stereocenters. The van der Waals surface area contributed by atoms with Crippen molar-refractivity contribution >= 4 is 5.78 Å². The van der Waals surface area contributed by atoms with Crippen LogP contribution >= 0.6 is 0 Å². The van der Waals surface area contributed by atoms with Gasteiger partial charge in [0.2, 0.25) is 0 Å². The van der Waals surface area contributed by atoms with Gasteiger partial charge in [0.25, 0.3) is 0 Å². The van der Waals surface area contributed by atoms with Crippen molar-refractivity contribution in [2.75, 3.05) is 21.3 Å². The van der Waals surface area contributed by atoms with Gasteiger partial charge in [0.1, 0.15) is 17.2 Å². The van der Waals surface area contributed by atoms with Crippen molar-refractivity contribution in [3.05, 3.63) is 78.4 Å². The van der Waals surface area contributed by atoms with Gasteiger partial charge in [-0.25, -0.2) is 0 Å². The average Bonchev–Trinajstić information content (AvgIpc) is 2.74. The van der Waals surface area contributed by atoms with Crippen molar-refractivity contribution in [3.8, 4) is 28.4 Å². The monoisotopic (exact) mass is 364 g/mol. The second kappa shape index (κ2) is 10.0. The van der Waals surface area contributed by atoms with Gasteiger partial charge in [-0.1, -0.05) is 24.3 Å². The number of methoxy groups -OCH3 is 3. The molecule has 0 aliphatic heterocycles. The average molecular weight is 364 g/mol. The maximum Gasteiger partial charge on any atom is 0.159 e. The third kappa shape index (κ3) is 5.89. The van der Waals surface area contributed by atoms with Crippen LogP contribution in [0.15, 0.2) is 72.8 Å². The van der Waals surface area contributed by atoms with Crippen LogP contribution in [0.4, 0.5) is 0 Å². The summed E-state index contributed by atoms with van der Waals surface area (Å²) in [5.74, 6) is 2.59. The Morgan fingerprint density at radius 1 is 0.556 bits per heavy atom. The van der Waals surface area contributed by atoms with E-state index < -0.39 is 0 Å². The minimum absolute atomic E-state index is 0.0765. The number of rotatable bonds is 5. The highest BCUT2D eigenvalue weighted by Crippen LogP contribution is 2.24. The molecule has 0 aliphatic carbocycles. The molecule has 0 aliphatic rings. The van der Waals surface area contributed by atoms with Gasteiger partial charge in [-0.05, 0) is 66.6 Å². The van der Waals surface area contributed by atoms with E-state index in [4.69, 9.17) is 14.2 Å². The molecule has 140 valence electrons. The van der Waals surface area contributed by atoms with Gasteiger partial charge in [0.15, 0.2) is 5.78 Å². The van der Waals surface area contributed by atoms with Crippen molar-refractivity contribution in [1.82, 2.24) is 0 Å². The molecule has 0 atom stereocenters. The molecule has 27 heavy (non-hydrogen) atoms. The predicted molar refractivity (Wildman–Crippen MR) is 108 cm³/mol. The number of benzene rings is 3. The van der Waals surface area contributed by atoms with Crippen molar-refractivity contribution in [3.63, 3.8) is 0 Å². The Hall–Kier alpha value is -3.27. The van der Waals surface area contributed by atoms with E-state index in [0.29, 0.717) is 5.56 Å². The molecule has 4 heteroatoms. The Morgan fingerprint density at radius 2 is 0.852 bits per heavy atom. The van der Waals surface area contributed by atoms with E-state index in [2.05, 4.69) is 0 Å². The Morgan fingerprint density at radius 3 is 1.11 bits per heavy atom. The summed E-state index contributed by atoms with van der Waals surface area (Å²) in [6, 6.07) is 23.1. The summed E-state index contributed by atoms with van der Waals surface area (Å²) in [4.78, 5) is 10.8. The molecule has 4 nitrogen and oxygen atoms in total. The maximum atomic E-state index is 10.8. The molecule has 0 fully saturated rings. The summed E-state index contributed by atoms with van der Waals surface area (Å²) in [6.45, 7) is 1.54. The molecule has 3 aromatic carbocycles. The largest absolute Gasteiger partial charge is 0.497 e. The number of hydrogen-bond acceptors (Lipinski definition) is 4. The topological polar surface area (TPSA) is 44.8 Å². The zero-order chi connectivity index (χ0) is 19.6. The van der Waals surface area contributed by atoms with Gasteiger partial charge in [0.05, 0.1) is 21.3 Å². The van der Waals surface area contributed by atoms with E-state index in [0.717, 1.165) is 17.2 Å². The van der Waals surface area contributed by atoms with Gasteiger partial charge in [0, 0.05) is 5.56 Å². The van der Waals surface area contributed by atoms with Gasteiger partial charge in [-0.15, -0.1) is 0 Å². The van der Waals surface area contributed by atoms with Crippen LogP contribution in [0, 0.1) is 0 Å². The molecule has 0 N–H and O–H groups in total. The maximum absolute atomic E-state index is 10.8. The smallest absolute Gasteiger partial charge is 0.159 e. The van der Waals surface area contributed by atoms with Crippen LogP contribution in [0.5, 0.6) is 17.2 Å². The van der Waals surface area contributed by atoms with Crippen LogP contribution < -0.4 is 14.2 Å². The first-order chi connectivity index (χ1) is 13.1. The molecule has 3 aromatic rings. The molecule has 0 bridgehead atoms. The highest BCUT2D eigenvalue weighted by molar-refractivity contribution is 5.94. The van der Waals surface area contributed by atoms with Crippen molar-refractivity contribution in [2.45, 2.75) is 6.92 Å². The summed E-state index contributed by atoms with van der Waals surface area (Å²) in [5, 5.41) is 0. The molecule has 0 saturated carbocycles. The number of ether oxygens (including phenoxy) is 3. The number of Topliss-reactive ketones (excluding diaryl/α,β-unsaturated/α-hetero) is 1. The van der Waals surface area contributed by atoms with Crippen LogP contribution in [-0.4, -0.2) is 27.1 Å². The molecule has 0 amide bonds. The lowest BCUT2D eigenvalue weighted by Gasteiger charge is -2.05. The SMILES string of the molecule is COc1ccc(-c2ccc(OC)cc2)cc1.COc1ccc(C(C)=O)cc1. The molecule has 0 radical (unpaired) electrons. The van der Waals surface area contributed by atoms with E-state index in [9.17, 15) is 4.79 Å². The van der Waals surface area contributed by atoms with Crippen molar-refractivity contribution < 1.29 is 19.0 Å². The molecule has 0 spiro atoms. The lowest BCUT2D eigenvalue weighted by Crippen LogP contribution is -1.91. The fourth-order valence-corrected chi connectivity index (χ4v) is 2.39. The lowest BCUT2D eigenvalue weighted by atomic mass is 10.1. The predicted octanol–water partition coefficient (Wildman–Crippen LogP) is 5.27. The van der Waals surface area contributed by atoms with E-state index in [1.54, 1.807) is 52.5 Å². The number of carbonyl (C=O) groups excluding carboxylic acids is 1. The van der Waals surface area contributed by atoms with Gasteiger partial charge >= 0.3 is 0 Å². The third-order valence-corrected chi connectivity index (χ3v) is 4.01. The highest BCUT2D eigenvalue weighted by Gasteiger charge is 1.99. The van der Waals surface area contributed by atoms with Crippen LogP contribution in [0.2, 0.25) is 0 Å². The zero-order valence-corrected chi connectivity index (χ0v) is 16.1. The highest BCUT2D eigenvalue weighted by atomic mass is 16.5. The number of ketones is 1. The molecular formula is C23H24O4. The second-order valence-electron chi connectivity index (χ2n) is 5.74. The number of carbonyl (C=O) groups is 1. The number of hydrogen-bond donors (Lipinski definition) is 0. The fourth-order valence-electron chi connectivity index (χ4n) is 2.39. The van der Waals surface area contributed by atoms with Gasteiger partial charge < -0.3 is 14.2 Å². The summed E-state index contributed by atoms with van der Waals surface area (Å²) in [5.41, 5.74) is 3.05. The Bertz CT molecular complexity index is 790. The fraction of sp³-hybridized carbons (Fsp3) is 0.174. The van der Waals surface area contributed by atoms with Crippen LogP contribution in [-0.2, 0) is 0 Å². The first kappa shape index (κ1) is 20.0. The molecule has 3 rings (SSSR count). The summed E-state index contributed by atoms with van der Waals surface area (Å²) in [6.07, 6.45) is 0. The van der Waals surface area contributed by atoms with Crippen molar-refractivity contribution in [2.24, 2.45) is 0 Å². The van der Waals surface area contributed by atoms with Crippen molar-refractivity contribution in [1.29, 1.82) is 0 Å². The second-order valence-corrected chi connectivity index (χ2v) is 5.74. The Labute approximate surface area is 160 Å². The zero-order valence-electron chi connectivity index (χ0n) is 16.1. The van der Waals surface area contributed by atoms with E-state index in [-0.39, 0.29) is 5.78 Å². The molecular weight excluding hydrogens is 340 g/mol. The first-order valence-corrected chi connectivity index (χ1v) is 8.51. The molecule has 0 aromatic heterocycles. The minimum Gasteiger partial charge on any atom is -0.497 e. The van der Waals surface area contributed by atoms with E-state index >= 15 is 0 Å². The molecule has 0 saturated heterocycles. The van der Waals surface area contributed by atoms with Gasteiger partial charge in [-0.3, -0.25) is 4.79 Å². The summed E-state index contributed by atoms with van der Waals surface area (Å²) in [7, 11) is 4.94. The third-order valence-electron chi connectivity index (χ3n) is 4.01. The molecule has 0 heterocycles. The van der Waals surface area contributed by atoms with Crippen LogP contribution in [0.25, 0.3) is 11.1 Å². The Kier molecular flexibility index (Phi) is 7.44. The van der Waals surface area contributed by atoms with E-state index in [1.165, 1.54) is 11.1 Å².